The van der Waals surface area contributed by atoms with Gasteiger partial charge in [0.05, 0.1) is 0 Å². The summed E-state index contributed by atoms with van der Waals surface area (Å²) < 4.78 is 92.7. The standard InChI is InChI=1S/C18H16F6N2OS/c19-12-6-11(7-13(20)9-12)14-3-1-2-10(17(14)21)8-16-15(4-5-25-16)26-28(27)18(22,23)24/h1-3,6-7,9,15-16,25-26H,4-5,8H2. The van der Waals surface area contributed by atoms with Crippen molar-refractivity contribution in [3.8, 4) is 11.1 Å². The second-order valence-electron chi connectivity index (χ2n) is 6.43. The van der Waals surface area contributed by atoms with Crippen LogP contribution in [0.5, 0.6) is 0 Å². The van der Waals surface area contributed by atoms with Crippen LogP contribution in [0.4, 0.5) is 26.3 Å². The number of hydrogen-bond acceptors (Lipinski definition) is 2. The molecule has 0 radical (unpaired) electrons. The molecule has 0 aromatic heterocycles. The molecule has 1 fully saturated rings. The lowest BCUT2D eigenvalue weighted by Crippen LogP contribution is -2.45. The monoisotopic (exact) mass is 422 g/mol. The highest BCUT2D eigenvalue weighted by molar-refractivity contribution is 7.83. The smallest absolute Gasteiger partial charge is 0.312 e. The molecule has 1 aliphatic rings. The minimum atomic E-state index is -4.89. The van der Waals surface area contributed by atoms with Gasteiger partial charge in [-0.1, -0.05) is 18.2 Å². The Labute approximate surface area is 159 Å². The van der Waals surface area contributed by atoms with Crippen LogP contribution in [0.25, 0.3) is 11.1 Å². The first-order chi connectivity index (χ1) is 13.1. The maximum absolute atomic E-state index is 14.9. The van der Waals surface area contributed by atoms with Crippen LogP contribution in [0.1, 0.15) is 12.0 Å². The van der Waals surface area contributed by atoms with Crippen LogP contribution in [0.2, 0.25) is 0 Å². The quantitative estimate of drug-likeness (QED) is 0.720. The zero-order valence-corrected chi connectivity index (χ0v) is 15.1. The first kappa shape index (κ1) is 20.8. The van der Waals surface area contributed by atoms with Gasteiger partial charge >= 0.3 is 5.51 Å². The Morgan fingerprint density at radius 1 is 1.11 bits per heavy atom. The number of hydrogen-bond donors (Lipinski definition) is 2. The van der Waals surface area contributed by atoms with Gasteiger partial charge in [-0.05, 0) is 42.6 Å². The SMILES string of the molecule is O=S(NC1CCNC1Cc1cccc(-c2cc(F)cc(F)c2)c1F)C(F)(F)F. The molecule has 3 rings (SSSR count). The van der Waals surface area contributed by atoms with E-state index in [1.54, 1.807) is 0 Å². The van der Waals surface area contributed by atoms with E-state index in [-0.39, 0.29) is 23.1 Å². The lowest BCUT2D eigenvalue weighted by Gasteiger charge is -2.21. The molecule has 0 spiro atoms. The Hall–Kier alpha value is -1.91. The van der Waals surface area contributed by atoms with Crippen molar-refractivity contribution in [3.63, 3.8) is 0 Å². The average molecular weight is 422 g/mol. The Balaban J connectivity index is 1.82. The summed E-state index contributed by atoms with van der Waals surface area (Å²) in [7, 11) is -3.22. The molecule has 2 N–H and O–H groups in total. The molecule has 3 atom stereocenters. The zero-order valence-electron chi connectivity index (χ0n) is 14.3. The van der Waals surface area contributed by atoms with Crippen LogP contribution in [-0.2, 0) is 17.4 Å². The molecule has 28 heavy (non-hydrogen) atoms. The van der Waals surface area contributed by atoms with Crippen LogP contribution in [0, 0.1) is 17.5 Å². The molecule has 0 saturated carbocycles. The van der Waals surface area contributed by atoms with Gasteiger partial charge in [0, 0.05) is 23.7 Å². The van der Waals surface area contributed by atoms with Crippen molar-refractivity contribution in [3.05, 3.63) is 59.4 Å². The average Bonchev–Trinajstić information content (AvgIpc) is 3.02. The van der Waals surface area contributed by atoms with Crippen molar-refractivity contribution < 1.29 is 30.6 Å². The van der Waals surface area contributed by atoms with Crippen LogP contribution in [0.15, 0.2) is 36.4 Å². The largest absolute Gasteiger partial charge is 0.485 e. The Bertz CT molecular complexity index is 869. The predicted molar refractivity (Wildman–Crippen MR) is 93.0 cm³/mol. The van der Waals surface area contributed by atoms with E-state index in [1.165, 1.54) is 18.2 Å². The molecule has 2 aromatic carbocycles. The first-order valence-electron chi connectivity index (χ1n) is 8.37. The van der Waals surface area contributed by atoms with Crippen LogP contribution in [-0.4, -0.2) is 28.3 Å². The lowest BCUT2D eigenvalue weighted by molar-refractivity contribution is -0.0397. The highest BCUT2D eigenvalue weighted by Gasteiger charge is 2.40. The fourth-order valence-corrected chi connectivity index (χ4v) is 3.92. The van der Waals surface area contributed by atoms with Gasteiger partial charge in [-0.25, -0.2) is 22.1 Å². The van der Waals surface area contributed by atoms with Crippen LogP contribution >= 0.6 is 0 Å². The predicted octanol–water partition coefficient (Wildman–Crippen LogP) is 3.82. The molecule has 1 saturated heterocycles. The maximum Gasteiger partial charge on any atom is 0.485 e. The Morgan fingerprint density at radius 3 is 2.43 bits per heavy atom. The third kappa shape index (κ3) is 4.73. The molecule has 152 valence electrons. The van der Waals surface area contributed by atoms with Gasteiger partial charge in [-0.3, -0.25) is 0 Å². The number of alkyl halides is 3. The van der Waals surface area contributed by atoms with Gasteiger partial charge in [-0.15, -0.1) is 0 Å². The summed E-state index contributed by atoms with van der Waals surface area (Å²) in [5.74, 6) is -2.41. The van der Waals surface area contributed by atoms with Crippen molar-refractivity contribution in [1.29, 1.82) is 0 Å². The van der Waals surface area contributed by atoms with E-state index in [4.69, 9.17) is 0 Å². The number of nitrogens with one attached hydrogen (secondary N) is 2. The molecule has 10 heteroatoms. The third-order valence-corrected chi connectivity index (χ3v) is 5.45. The molecule has 0 amide bonds. The zero-order chi connectivity index (χ0) is 20.5. The van der Waals surface area contributed by atoms with Crippen molar-refractivity contribution in [2.45, 2.75) is 30.4 Å². The van der Waals surface area contributed by atoms with Gasteiger partial charge < -0.3 is 5.32 Å². The summed E-state index contributed by atoms with van der Waals surface area (Å²) in [4.78, 5) is 0. The Morgan fingerprint density at radius 2 is 1.79 bits per heavy atom. The van der Waals surface area contributed by atoms with Crippen LogP contribution in [0.3, 0.4) is 0 Å². The van der Waals surface area contributed by atoms with Gasteiger partial charge in [0.1, 0.15) is 17.5 Å². The molecule has 0 aliphatic carbocycles. The van der Waals surface area contributed by atoms with Gasteiger partial charge in [0.25, 0.3) is 0 Å². The summed E-state index contributed by atoms with van der Waals surface area (Å²) >= 11 is 0. The number of rotatable bonds is 5. The van der Waals surface area contributed by atoms with Crippen molar-refractivity contribution >= 4 is 11.0 Å². The molecule has 2 aromatic rings. The third-order valence-electron chi connectivity index (χ3n) is 4.51. The summed E-state index contributed by atoms with van der Waals surface area (Å²) in [6.45, 7) is 0.383. The second kappa shape index (κ2) is 8.22. The summed E-state index contributed by atoms with van der Waals surface area (Å²) in [6, 6.07) is 5.63. The molecule has 3 nitrogen and oxygen atoms in total. The number of halogens is 6. The van der Waals surface area contributed by atoms with Crippen molar-refractivity contribution in [1.82, 2.24) is 10.0 Å². The van der Waals surface area contributed by atoms with Gasteiger partial charge in [0.15, 0.2) is 11.0 Å². The summed E-state index contributed by atoms with van der Waals surface area (Å²) in [5, 5.41) is 2.97. The van der Waals surface area contributed by atoms with Crippen molar-refractivity contribution in [2.75, 3.05) is 6.54 Å². The molecular weight excluding hydrogens is 406 g/mol. The lowest BCUT2D eigenvalue weighted by atomic mass is 9.96. The highest BCUT2D eigenvalue weighted by Crippen LogP contribution is 2.28. The molecule has 1 aliphatic heterocycles. The topological polar surface area (TPSA) is 41.1 Å². The number of benzene rings is 2. The van der Waals surface area contributed by atoms with E-state index in [9.17, 15) is 30.6 Å². The molecular formula is C18H16F6N2OS. The fourth-order valence-electron chi connectivity index (χ4n) is 3.23. The minimum absolute atomic E-state index is 0.0164. The van der Waals surface area contributed by atoms with E-state index in [0.29, 0.717) is 19.0 Å². The second-order valence-corrected chi connectivity index (χ2v) is 7.67. The van der Waals surface area contributed by atoms with Crippen LogP contribution < -0.4 is 10.0 Å². The van der Waals surface area contributed by atoms with E-state index in [0.717, 1.165) is 12.1 Å². The summed E-state index contributed by atoms with van der Waals surface area (Å²) in [5.41, 5.74) is -4.72. The Kier molecular flexibility index (Phi) is 6.11. The maximum atomic E-state index is 14.9. The van der Waals surface area contributed by atoms with Gasteiger partial charge in [0.2, 0.25) is 0 Å². The molecule has 1 heterocycles. The van der Waals surface area contributed by atoms with E-state index >= 15 is 0 Å². The van der Waals surface area contributed by atoms with Gasteiger partial charge in [-0.2, -0.15) is 13.2 Å². The van der Waals surface area contributed by atoms with E-state index < -0.39 is 46.0 Å². The van der Waals surface area contributed by atoms with E-state index in [1.807, 2.05) is 4.72 Å². The minimum Gasteiger partial charge on any atom is -0.312 e. The van der Waals surface area contributed by atoms with E-state index in [2.05, 4.69) is 5.32 Å². The summed E-state index contributed by atoms with van der Waals surface area (Å²) in [6.07, 6.45) is 0.313. The fraction of sp³-hybridized carbons (Fsp3) is 0.333. The molecule has 0 bridgehead atoms. The first-order valence-corrected chi connectivity index (χ1v) is 9.52. The van der Waals surface area contributed by atoms with Crippen molar-refractivity contribution in [2.24, 2.45) is 0 Å². The highest BCUT2D eigenvalue weighted by atomic mass is 32.2. The molecule has 3 unspecified atom stereocenters. The normalized spacial score (nSPS) is 21.1.